The van der Waals surface area contributed by atoms with Crippen molar-refractivity contribution in [2.75, 3.05) is 20.3 Å². The second kappa shape index (κ2) is 9.86. The Morgan fingerprint density at radius 3 is 2.71 bits per heavy atom. The quantitative estimate of drug-likeness (QED) is 0.560. The van der Waals surface area contributed by atoms with E-state index in [9.17, 15) is 4.79 Å². The minimum Gasteiger partial charge on any atom is -0.493 e. The molecule has 4 nitrogen and oxygen atoms in total. The van der Waals surface area contributed by atoms with Crippen molar-refractivity contribution in [3.8, 4) is 11.5 Å². The molecule has 1 N–H and O–H groups in total. The van der Waals surface area contributed by atoms with E-state index in [4.69, 9.17) is 9.47 Å². The Balaban J connectivity index is 2.68. The van der Waals surface area contributed by atoms with Crippen molar-refractivity contribution < 1.29 is 14.3 Å². The van der Waals surface area contributed by atoms with E-state index in [-0.39, 0.29) is 5.91 Å². The number of hydrogen-bond acceptors (Lipinski definition) is 3. The molecule has 0 atom stereocenters. The number of carbonyl (C=O) groups excluding carboxylic acids is 1. The number of hydrogen-bond donors (Lipinski definition) is 1. The normalized spacial score (nSPS) is 10.6. The third kappa shape index (κ3) is 6.34. The van der Waals surface area contributed by atoms with Gasteiger partial charge in [-0.3, -0.25) is 4.79 Å². The maximum atomic E-state index is 11.5. The number of methoxy groups -OCH3 is 1. The van der Waals surface area contributed by atoms with Crippen molar-refractivity contribution in [2.24, 2.45) is 0 Å². The van der Waals surface area contributed by atoms with Crippen molar-refractivity contribution in [3.63, 3.8) is 0 Å². The molecule has 0 aromatic heterocycles. The van der Waals surface area contributed by atoms with Crippen LogP contribution in [0.1, 0.15) is 38.7 Å². The van der Waals surface area contributed by atoms with Crippen molar-refractivity contribution in [3.05, 3.63) is 29.8 Å². The lowest BCUT2D eigenvalue weighted by Crippen LogP contribution is -2.21. The molecule has 0 unspecified atom stereocenters. The zero-order valence-electron chi connectivity index (χ0n) is 13.1. The third-order valence-electron chi connectivity index (χ3n) is 2.92. The molecule has 0 heterocycles. The van der Waals surface area contributed by atoms with Crippen LogP contribution < -0.4 is 14.8 Å². The van der Waals surface area contributed by atoms with E-state index < -0.39 is 0 Å². The van der Waals surface area contributed by atoms with Gasteiger partial charge in [-0.2, -0.15) is 0 Å². The summed E-state index contributed by atoms with van der Waals surface area (Å²) in [5.41, 5.74) is 0.904. The molecule has 4 heteroatoms. The van der Waals surface area contributed by atoms with E-state index >= 15 is 0 Å². The number of rotatable bonds is 9. The van der Waals surface area contributed by atoms with Crippen LogP contribution in [-0.4, -0.2) is 26.2 Å². The Morgan fingerprint density at radius 2 is 2.05 bits per heavy atom. The summed E-state index contributed by atoms with van der Waals surface area (Å²) in [6.45, 7) is 5.52. The van der Waals surface area contributed by atoms with Crippen LogP contribution in [0.15, 0.2) is 24.3 Å². The number of benzene rings is 1. The standard InChI is InChI=1S/C17H25NO3/c1-4-6-12-21-15-9-7-14(13-16(15)20-3)8-10-17(19)18-11-5-2/h7-10,13H,4-6,11-12H2,1-3H3,(H,18,19)/b10-8+. The van der Waals surface area contributed by atoms with Gasteiger partial charge >= 0.3 is 0 Å². The summed E-state index contributed by atoms with van der Waals surface area (Å²) in [5, 5.41) is 2.80. The molecule has 21 heavy (non-hydrogen) atoms. The molecule has 0 saturated heterocycles. The van der Waals surface area contributed by atoms with Crippen LogP contribution in [0.2, 0.25) is 0 Å². The average molecular weight is 291 g/mol. The van der Waals surface area contributed by atoms with Crippen LogP contribution in [0.5, 0.6) is 11.5 Å². The lowest BCUT2D eigenvalue weighted by Gasteiger charge is -2.10. The van der Waals surface area contributed by atoms with Crippen LogP contribution in [0.25, 0.3) is 6.08 Å². The Bertz CT molecular complexity index is 469. The van der Waals surface area contributed by atoms with Crippen molar-refractivity contribution in [1.29, 1.82) is 0 Å². The minimum absolute atomic E-state index is 0.0842. The van der Waals surface area contributed by atoms with Crippen LogP contribution >= 0.6 is 0 Å². The van der Waals surface area contributed by atoms with Crippen molar-refractivity contribution in [1.82, 2.24) is 5.32 Å². The first kappa shape index (κ1) is 17.1. The Kier molecular flexibility index (Phi) is 8.02. The summed E-state index contributed by atoms with van der Waals surface area (Å²) in [4.78, 5) is 11.5. The maximum Gasteiger partial charge on any atom is 0.243 e. The lowest BCUT2D eigenvalue weighted by atomic mass is 10.2. The Morgan fingerprint density at radius 1 is 1.24 bits per heavy atom. The SMILES string of the molecule is CCCCOc1ccc(/C=C/C(=O)NCCC)cc1OC. The smallest absolute Gasteiger partial charge is 0.243 e. The predicted octanol–water partition coefficient (Wildman–Crippen LogP) is 3.41. The van der Waals surface area contributed by atoms with Gasteiger partial charge in [0, 0.05) is 12.6 Å². The van der Waals surface area contributed by atoms with E-state index in [0.717, 1.165) is 30.6 Å². The third-order valence-corrected chi connectivity index (χ3v) is 2.92. The highest BCUT2D eigenvalue weighted by atomic mass is 16.5. The van der Waals surface area contributed by atoms with Gasteiger partial charge in [0.25, 0.3) is 0 Å². The largest absolute Gasteiger partial charge is 0.493 e. The van der Waals surface area contributed by atoms with Crippen LogP contribution in [0, 0.1) is 0 Å². The second-order valence-corrected chi connectivity index (χ2v) is 4.74. The number of amides is 1. The van der Waals surface area contributed by atoms with Gasteiger partial charge in [-0.25, -0.2) is 0 Å². The minimum atomic E-state index is -0.0842. The first-order valence-electron chi connectivity index (χ1n) is 7.48. The zero-order valence-corrected chi connectivity index (χ0v) is 13.1. The van der Waals surface area contributed by atoms with Gasteiger partial charge in [-0.05, 0) is 36.6 Å². The van der Waals surface area contributed by atoms with E-state index in [1.807, 2.05) is 25.1 Å². The van der Waals surface area contributed by atoms with E-state index in [2.05, 4.69) is 12.2 Å². The zero-order chi connectivity index (χ0) is 15.5. The van der Waals surface area contributed by atoms with Crippen LogP contribution in [-0.2, 0) is 4.79 Å². The first-order valence-corrected chi connectivity index (χ1v) is 7.48. The molecule has 0 aliphatic carbocycles. The molecule has 1 aromatic carbocycles. The highest BCUT2D eigenvalue weighted by Crippen LogP contribution is 2.28. The molecule has 1 rings (SSSR count). The molecular weight excluding hydrogens is 266 g/mol. The van der Waals surface area contributed by atoms with Gasteiger partial charge in [-0.1, -0.05) is 26.3 Å². The molecule has 0 bridgehead atoms. The summed E-state index contributed by atoms with van der Waals surface area (Å²) >= 11 is 0. The molecule has 0 fully saturated rings. The molecule has 0 radical (unpaired) electrons. The van der Waals surface area contributed by atoms with Gasteiger partial charge in [0.2, 0.25) is 5.91 Å². The molecule has 116 valence electrons. The van der Waals surface area contributed by atoms with Gasteiger partial charge in [0.1, 0.15) is 0 Å². The summed E-state index contributed by atoms with van der Waals surface area (Å²) in [7, 11) is 1.61. The number of ether oxygens (including phenoxy) is 2. The fraction of sp³-hybridized carbons (Fsp3) is 0.471. The number of carbonyl (C=O) groups is 1. The number of nitrogens with one attached hydrogen (secondary N) is 1. The van der Waals surface area contributed by atoms with E-state index in [1.54, 1.807) is 13.2 Å². The lowest BCUT2D eigenvalue weighted by molar-refractivity contribution is -0.116. The van der Waals surface area contributed by atoms with Crippen LogP contribution in [0.4, 0.5) is 0 Å². The van der Waals surface area contributed by atoms with Gasteiger partial charge in [0.15, 0.2) is 11.5 Å². The average Bonchev–Trinajstić information content (AvgIpc) is 2.51. The van der Waals surface area contributed by atoms with Gasteiger partial charge in [-0.15, -0.1) is 0 Å². The second-order valence-electron chi connectivity index (χ2n) is 4.74. The van der Waals surface area contributed by atoms with E-state index in [0.29, 0.717) is 18.9 Å². The van der Waals surface area contributed by atoms with Gasteiger partial charge < -0.3 is 14.8 Å². The predicted molar refractivity (Wildman–Crippen MR) is 85.7 cm³/mol. The summed E-state index contributed by atoms with van der Waals surface area (Å²) < 4.78 is 11.0. The fourth-order valence-electron chi connectivity index (χ4n) is 1.71. The summed E-state index contributed by atoms with van der Waals surface area (Å²) in [6.07, 6.45) is 6.33. The topological polar surface area (TPSA) is 47.6 Å². The maximum absolute atomic E-state index is 11.5. The molecule has 0 aliphatic rings. The molecule has 0 saturated carbocycles. The fourth-order valence-corrected chi connectivity index (χ4v) is 1.71. The van der Waals surface area contributed by atoms with Crippen molar-refractivity contribution >= 4 is 12.0 Å². The highest BCUT2D eigenvalue weighted by molar-refractivity contribution is 5.91. The first-order chi connectivity index (χ1) is 10.2. The monoisotopic (exact) mass is 291 g/mol. The molecule has 0 aliphatic heterocycles. The number of unbranched alkanes of at least 4 members (excludes halogenated alkanes) is 1. The summed E-state index contributed by atoms with van der Waals surface area (Å²) in [6, 6.07) is 5.65. The molecule has 0 spiro atoms. The Hall–Kier alpha value is -1.97. The summed E-state index contributed by atoms with van der Waals surface area (Å²) in [5.74, 6) is 1.33. The van der Waals surface area contributed by atoms with Crippen molar-refractivity contribution in [2.45, 2.75) is 33.1 Å². The highest BCUT2D eigenvalue weighted by Gasteiger charge is 2.04. The van der Waals surface area contributed by atoms with E-state index in [1.165, 1.54) is 6.08 Å². The molecule has 1 aromatic rings. The molecular formula is C17H25NO3. The van der Waals surface area contributed by atoms with Gasteiger partial charge in [0.05, 0.1) is 13.7 Å². The van der Waals surface area contributed by atoms with Crippen LogP contribution in [0.3, 0.4) is 0 Å². The molecule has 1 amide bonds. The Labute approximate surface area is 127 Å².